The van der Waals surface area contributed by atoms with Crippen LogP contribution in [0.25, 0.3) is 0 Å². The number of hydrogen-bond donors (Lipinski definition) is 1. The fourth-order valence-electron chi connectivity index (χ4n) is 2.37. The lowest BCUT2D eigenvalue weighted by molar-refractivity contribution is 0.0682. The highest BCUT2D eigenvalue weighted by Gasteiger charge is 2.20. The van der Waals surface area contributed by atoms with Crippen molar-refractivity contribution in [1.29, 1.82) is 0 Å². The summed E-state index contributed by atoms with van der Waals surface area (Å²) in [7, 11) is 3.50. The standard InChI is InChI=1S/C14H21NO2/c1-16-13-7-3-11(4-8-13)15-12-5-9-14(17-2)10-6-12/h3-4,7-8,12,14-15H,5-6,9-10H2,1-2H3. The number of hydrogen-bond acceptors (Lipinski definition) is 3. The molecule has 94 valence electrons. The molecular weight excluding hydrogens is 214 g/mol. The third-order valence-corrected chi connectivity index (χ3v) is 3.47. The second-order valence-corrected chi connectivity index (χ2v) is 4.58. The molecule has 1 N–H and O–H groups in total. The molecule has 1 aliphatic carbocycles. The molecule has 1 aromatic rings. The Kier molecular flexibility index (Phi) is 4.26. The first-order valence-electron chi connectivity index (χ1n) is 6.25. The van der Waals surface area contributed by atoms with E-state index in [1.807, 2.05) is 19.2 Å². The van der Waals surface area contributed by atoms with E-state index < -0.39 is 0 Å². The van der Waals surface area contributed by atoms with E-state index in [2.05, 4.69) is 17.4 Å². The maximum Gasteiger partial charge on any atom is 0.119 e. The van der Waals surface area contributed by atoms with Crippen LogP contribution >= 0.6 is 0 Å². The zero-order chi connectivity index (χ0) is 12.1. The second-order valence-electron chi connectivity index (χ2n) is 4.58. The van der Waals surface area contributed by atoms with E-state index in [1.54, 1.807) is 7.11 Å². The first-order valence-corrected chi connectivity index (χ1v) is 6.25. The molecule has 3 nitrogen and oxygen atoms in total. The molecule has 1 fully saturated rings. The van der Waals surface area contributed by atoms with Crippen LogP contribution in [-0.2, 0) is 4.74 Å². The molecule has 2 rings (SSSR count). The van der Waals surface area contributed by atoms with Crippen LogP contribution in [-0.4, -0.2) is 26.4 Å². The summed E-state index contributed by atoms with van der Waals surface area (Å²) in [5.41, 5.74) is 1.17. The van der Waals surface area contributed by atoms with Gasteiger partial charge in [0.2, 0.25) is 0 Å². The lowest BCUT2D eigenvalue weighted by Gasteiger charge is -2.28. The lowest BCUT2D eigenvalue weighted by Crippen LogP contribution is -2.29. The molecular formula is C14H21NO2. The molecule has 0 spiro atoms. The molecule has 0 aromatic heterocycles. The normalized spacial score (nSPS) is 24.4. The van der Waals surface area contributed by atoms with E-state index in [4.69, 9.17) is 9.47 Å². The van der Waals surface area contributed by atoms with Crippen molar-refractivity contribution in [3.63, 3.8) is 0 Å². The molecule has 0 atom stereocenters. The van der Waals surface area contributed by atoms with Gasteiger partial charge in [0.1, 0.15) is 5.75 Å². The average Bonchev–Trinajstić information content (AvgIpc) is 2.40. The minimum absolute atomic E-state index is 0.462. The van der Waals surface area contributed by atoms with Crippen LogP contribution in [0.4, 0.5) is 5.69 Å². The molecule has 0 aliphatic heterocycles. The molecule has 0 bridgehead atoms. The van der Waals surface area contributed by atoms with Gasteiger partial charge in [-0.15, -0.1) is 0 Å². The zero-order valence-electron chi connectivity index (χ0n) is 10.6. The van der Waals surface area contributed by atoms with Crippen molar-refractivity contribution in [1.82, 2.24) is 0 Å². The van der Waals surface area contributed by atoms with Crippen LogP contribution in [0.3, 0.4) is 0 Å². The molecule has 1 aromatic carbocycles. The Bertz CT molecular complexity index is 329. The number of methoxy groups -OCH3 is 2. The quantitative estimate of drug-likeness (QED) is 0.870. The lowest BCUT2D eigenvalue weighted by atomic mass is 9.93. The van der Waals surface area contributed by atoms with E-state index in [0.29, 0.717) is 12.1 Å². The molecule has 0 heterocycles. The van der Waals surface area contributed by atoms with E-state index in [9.17, 15) is 0 Å². The van der Waals surface area contributed by atoms with Gasteiger partial charge in [0, 0.05) is 18.8 Å². The van der Waals surface area contributed by atoms with Gasteiger partial charge in [0.15, 0.2) is 0 Å². The monoisotopic (exact) mass is 235 g/mol. The molecule has 0 amide bonds. The van der Waals surface area contributed by atoms with E-state index in [-0.39, 0.29) is 0 Å². The predicted molar refractivity (Wildman–Crippen MR) is 69.7 cm³/mol. The number of anilines is 1. The molecule has 1 aliphatic rings. The van der Waals surface area contributed by atoms with Crippen molar-refractivity contribution in [3.8, 4) is 5.75 Å². The number of nitrogens with one attached hydrogen (secondary N) is 1. The first kappa shape index (κ1) is 12.2. The van der Waals surface area contributed by atoms with Crippen LogP contribution < -0.4 is 10.1 Å². The van der Waals surface area contributed by atoms with Crippen molar-refractivity contribution in [2.24, 2.45) is 0 Å². The summed E-state index contributed by atoms with van der Waals surface area (Å²) in [5.74, 6) is 0.902. The summed E-state index contributed by atoms with van der Waals surface area (Å²) in [4.78, 5) is 0. The van der Waals surface area contributed by atoms with Crippen LogP contribution in [0, 0.1) is 0 Å². The van der Waals surface area contributed by atoms with Crippen LogP contribution in [0.1, 0.15) is 25.7 Å². The fraction of sp³-hybridized carbons (Fsp3) is 0.571. The SMILES string of the molecule is COc1ccc(NC2CCC(OC)CC2)cc1. The van der Waals surface area contributed by atoms with Crippen molar-refractivity contribution < 1.29 is 9.47 Å². The van der Waals surface area contributed by atoms with E-state index in [1.165, 1.54) is 18.5 Å². The summed E-state index contributed by atoms with van der Waals surface area (Å²) in [6.07, 6.45) is 5.15. The number of rotatable bonds is 4. The van der Waals surface area contributed by atoms with Crippen molar-refractivity contribution in [2.45, 2.75) is 37.8 Å². The molecule has 17 heavy (non-hydrogen) atoms. The van der Waals surface area contributed by atoms with Gasteiger partial charge in [-0.25, -0.2) is 0 Å². The molecule has 3 heteroatoms. The second kappa shape index (κ2) is 5.92. The van der Waals surface area contributed by atoms with Gasteiger partial charge >= 0.3 is 0 Å². The molecule has 0 unspecified atom stereocenters. The van der Waals surface area contributed by atoms with Crippen LogP contribution in [0.2, 0.25) is 0 Å². The highest BCUT2D eigenvalue weighted by molar-refractivity contribution is 5.47. The Labute approximate surface area is 103 Å². The highest BCUT2D eigenvalue weighted by atomic mass is 16.5. The Morgan fingerprint density at radius 2 is 1.65 bits per heavy atom. The maximum absolute atomic E-state index is 5.38. The largest absolute Gasteiger partial charge is 0.497 e. The Hall–Kier alpha value is -1.22. The Morgan fingerprint density at radius 3 is 2.18 bits per heavy atom. The van der Waals surface area contributed by atoms with Crippen molar-refractivity contribution in [3.05, 3.63) is 24.3 Å². The van der Waals surface area contributed by atoms with Gasteiger partial charge in [0.25, 0.3) is 0 Å². The van der Waals surface area contributed by atoms with Gasteiger partial charge in [-0.1, -0.05) is 0 Å². The number of ether oxygens (including phenoxy) is 2. The third-order valence-electron chi connectivity index (χ3n) is 3.47. The highest BCUT2D eigenvalue weighted by Crippen LogP contribution is 2.24. The maximum atomic E-state index is 5.38. The molecule has 0 saturated heterocycles. The van der Waals surface area contributed by atoms with Gasteiger partial charge in [-0.2, -0.15) is 0 Å². The summed E-state index contributed by atoms with van der Waals surface area (Å²) in [5, 5.41) is 3.57. The van der Waals surface area contributed by atoms with Crippen molar-refractivity contribution in [2.75, 3.05) is 19.5 Å². The fourth-order valence-corrected chi connectivity index (χ4v) is 2.37. The minimum Gasteiger partial charge on any atom is -0.497 e. The molecule has 0 radical (unpaired) electrons. The topological polar surface area (TPSA) is 30.5 Å². The van der Waals surface area contributed by atoms with E-state index in [0.717, 1.165) is 18.6 Å². The molecule has 1 saturated carbocycles. The van der Waals surface area contributed by atoms with Gasteiger partial charge in [-0.05, 0) is 49.9 Å². The summed E-state index contributed by atoms with van der Waals surface area (Å²) >= 11 is 0. The van der Waals surface area contributed by atoms with Crippen molar-refractivity contribution >= 4 is 5.69 Å². The Balaban J connectivity index is 1.84. The third kappa shape index (κ3) is 3.37. The zero-order valence-corrected chi connectivity index (χ0v) is 10.6. The number of benzene rings is 1. The summed E-state index contributed by atoms with van der Waals surface area (Å²) < 4.78 is 10.5. The van der Waals surface area contributed by atoms with Crippen LogP contribution in [0.15, 0.2) is 24.3 Å². The van der Waals surface area contributed by atoms with Gasteiger partial charge < -0.3 is 14.8 Å². The van der Waals surface area contributed by atoms with E-state index >= 15 is 0 Å². The van der Waals surface area contributed by atoms with Gasteiger partial charge in [0.05, 0.1) is 13.2 Å². The van der Waals surface area contributed by atoms with Crippen LogP contribution in [0.5, 0.6) is 5.75 Å². The average molecular weight is 235 g/mol. The summed E-state index contributed by atoms with van der Waals surface area (Å²) in [6.45, 7) is 0. The Morgan fingerprint density at radius 1 is 1.00 bits per heavy atom. The van der Waals surface area contributed by atoms with Gasteiger partial charge in [-0.3, -0.25) is 0 Å². The summed E-state index contributed by atoms with van der Waals surface area (Å²) in [6, 6.07) is 8.70. The predicted octanol–water partition coefficient (Wildman–Crippen LogP) is 3.06. The smallest absolute Gasteiger partial charge is 0.119 e. The first-order chi connectivity index (χ1) is 8.31. The minimum atomic E-state index is 0.462.